The number of amides is 2. The molecule has 0 atom stereocenters. The molecule has 0 saturated heterocycles. The van der Waals surface area contributed by atoms with E-state index in [9.17, 15) is 4.79 Å². The normalized spacial score (nSPS) is 9.60. The van der Waals surface area contributed by atoms with Crippen LogP contribution in [0, 0.1) is 18.3 Å². The van der Waals surface area contributed by atoms with Crippen LogP contribution in [0.5, 0.6) is 0 Å². The lowest BCUT2D eigenvalue weighted by molar-refractivity contribution is 0.262. The van der Waals surface area contributed by atoms with E-state index in [2.05, 4.69) is 16.7 Å². The van der Waals surface area contributed by atoms with Crippen LogP contribution in [0.4, 0.5) is 21.9 Å². The van der Waals surface area contributed by atoms with Crippen LogP contribution < -0.4 is 16.4 Å². The number of benzene rings is 2. The zero-order chi connectivity index (χ0) is 14.5. The van der Waals surface area contributed by atoms with Crippen LogP contribution >= 0.6 is 0 Å². The number of anilines is 3. The zero-order valence-electron chi connectivity index (χ0n) is 11.0. The summed E-state index contributed by atoms with van der Waals surface area (Å²) in [6.45, 7) is 1.82. The van der Waals surface area contributed by atoms with Gasteiger partial charge < -0.3 is 16.4 Å². The first-order chi connectivity index (χ1) is 9.60. The van der Waals surface area contributed by atoms with Crippen molar-refractivity contribution in [1.29, 1.82) is 5.26 Å². The minimum Gasteiger partial charge on any atom is -0.399 e. The third-order valence-corrected chi connectivity index (χ3v) is 2.78. The Hall–Kier alpha value is -3.00. The topological polar surface area (TPSA) is 90.9 Å². The summed E-state index contributed by atoms with van der Waals surface area (Å²) in [5.74, 6) is 0. The van der Waals surface area contributed by atoms with Gasteiger partial charge in [-0.1, -0.05) is 18.2 Å². The van der Waals surface area contributed by atoms with Gasteiger partial charge in [-0.05, 0) is 36.8 Å². The van der Waals surface area contributed by atoms with Crippen molar-refractivity contribution >= 4 is 23.1 Å². The van der Waals surface area contributed by atoms with E-state index in [0.29, 0.717) is 22.6 Å². The molecule has 0 heterocycles. The SMILES string of the molecule is Cc1cccc(NC(=O)Nc2cccc(N)c2)c1C#N. The minimum absolute atomic E-state index is 0.419. The predicted octanol–water partition coefficient (Wildman–Crippen LogP) is 3.09. The van der Waals surface area contributed by atoms with E-state index < -0.39 is 6.03 Å². The average molecular weight is 266 g/mol. The molecule has 2 amide bonds. The van der Waals surface area contributed by atoms with E-state index in [4.69, 9.17) is 11.0 Å². The van der Waals surface area contributed by atoms with Gasteiger partial charge in [0.1, 0.15) is 6.07 Å². The first-order valence-electron chi connectivity index (χ1n) is 6.03. The van der Waals surface area contributed by atoms with Gasteiger partial charge >= 0.3 is 6.03 Å². The summed E-state index contributed by atoms with van der Waals surface area (Å²) in [7, 11) is 0. The second-order valence-electron chi connectivity index (χ2n) is 4.31. The highest BCUT2D eigenvalue weighted by Gasteiger charge is 2.08. The fourth-order valence-corrected chi connectivity index (χ4v) is 1.82. The summed E-state index contributed by atoms with van der Waals surface area (Å²) in [4.78, 5) is 11.9. The van der Waals surface area contributed by atoms with Crippen LogP contribution in [0.3, 0.4) is 0 Å². The fourth-order valence-electron chi connectivity index (χ4n) is 1.82. The van der Waals surface area contributed by atoms with E-state index in [1.54, 1.807) is 36.4 Å². The molecule has 0 aromatic heterocycles. The highest BCUT2D eigenvalue weighted by atomic mass is 16.2. The van der Waals surface area contributed by atoms with Crippen LogP contribution in [0.2, 0.25) is 0 Å². The second-order valence-corrected chi connectivity index (χ2v) is 4.31. The van der Waals surface area contributed by atoms with Crippen LogP contribution in [0.15, 0.2) is 42.5 Å². The number of rotatable bonds is 2. The lowest BCUT2D eigenvalue weighted by Crippen LogP contribution is -2.20. The number of urea groups is 1. The Labute approximate surface area is 117 Å². The molecule has 0 aliphatic carbocycles. The molecule has 2 aromatic carbocycles. The molecule has 4 N–H and O–H groups in total. The molecule has 5 nitrogen and oxygen atoms in total. The van der Waals surface area contributed by atoms with E-state index in [1.807, 2.05) is 13.0 Å². The van der Waals surface area contributed by atoms with Crippen molar-refractivity contribution < 1.29 is 4.79 Å². The van der Waals surface area contributed by atoms with Gasteiger partial charge in [-0.3, -0.25) is 0 Å². The molecule has 0 unspecified atom stereocenters. The van der Waals surface area contributed by atoms with Gasteiger partial charge in [-0.15, -0.1) is 0 Å². The maximum Gasteiger partial charge on any atom is 0.323 e. The maximum atomic E-state index is 11.9. The Morgan fingerprint density at radius 2 is 1.95 bits per heavy atom. The number of carbonyl (C=O) groups excluding carboxylic acids is 1. The first-order valence-corrected chi connectivity index (χ1v) is 6.03. The Kier molecular flexibility index (Phi) is 3.87. The van der Waals surface area contributed by atoms with E-state index in [1.165, 1.54) is 0 Å². The third-order valence-electron chi connectivity index (χ3n) is 2.78. The van der Waals surface area contributed by atoms with Crippen molar-refractivity contribution in [3.05, 3.63) is 53.6 Å². The molecule has 0 fully saturated rings. The van der Waals surface area contributed by atoms with E-state index >= 15 is 0 Å². The van der Waals surface area contributed by atoms with Crippen LogP contribution in [-0.4, -0.2) is 6.03 Å². The first kappa shape index (κ1) is 13.4. The molecule has 0 saturated carbocycles. The van der Waals surface area contributed by atoms with E-state index in [-0.39, 0.29) is 0 Å². The average Bonchev–Trinajstić information content (AvgIpc) is 2.38. The van der Waals surface area contributed by atoms with Gasteiger partial charge in [0.15, 0.2) is 0 Å². The number of hydrogen-bond donors (Lipinski definition) is 3. The fraction of sp³-hybridized carbons (Fsp3) is 0.0667. The van der Waals surface area contributed by atoms with Gasteiger partial charge in [0.2, 0.25) is 0 Å². The molecule has 0 bridgehead atoms. The van der Waals surface area contributed by atoms with Gasteiger partial charge in [-0.25, -0.2) is 4.79 Å². The number of nitriles is 1. The quantitative estimate of drug-likeness (QED) is 0.729. The third kappa shape index (κ3) is 3.06. The number of hydrogen-bond acceptors (Lipinski definition) is 3. The summed E-state index contributed by atoms with van der Waals surface area (Å²) >= 11 is 0. The van der Waals surface area contributed by atoms with E-state index in [0.717, 1.165) is 5.56 Å². The minimum atomic E-state index is -0.419. The predicted molar refractivity (Wildman–Crippen MR) is 79.4 cm³/mol. The lowest BCUT2D eigenvalue weighted by atomic mass is 10.1. The Morgan fingerprint density at radius 1 is 1.20 bits per heavy atom. The van der Waals surface area contributed by atoms with Crippen molar-refractivity contribution in [1.82, 2.24) is 0 Å². The summed E-state index contributed by atoms with van der Waals surface area (Å²) in [5, 5.41) is 14.4. The molecule has 2 rings (SSSR count). The van der Waals surface area contributed by atoms with Crippen molar-refractivity contribution in [2.24, 2.45) is 0 Å². The van der Waals surface area contributed by atoms with Crippen molar-refractivity contribution in [2.75, 3.05) is 16.4 Å². The Morgan fingerprint density at radius 3 is 2.65 bits per heavy atom. The van der Waals surface area contributed by atoms with Gasteiger partial charge in [0.25, 0.3) is 0 Å². The molecule has 0 spiro atoms. The largest absolute Gasteiger partial charge is 0.399 e. The molecule has 0 radical (unpaired) electrons. The summed E-state index contributed by atoms with van der Waals surface area (Å²) in [6.07, 6.45) is 0. The van der Waals surface area contributed by atoms with Crippen LogP contribution in [0.1, 0.15) is 11.1 Å². The number of nitrogens with zero attached hydrogens (tertiary/aromatic N) is 1. The Bertz CT molecular complexity index is 689. The number of nitrogens with one attached hydrogen (secondary N) is 2. The van der Waals surface area contributed by atoms with Crippen molar-refractivity contribution in [3.63, 3.8) is 0 Å². The number of aryl methyl sites for hydroxylation is 1. The van der Waals surface area contributed by atoms with Crippen LogP contribution in [-0.2, 0) is 0 Å². The molecule has 0 aliphatic heterocycles. The molecule has 100 valence electrons. The second kappa shape index (κ2) is 5.76. The number of carbonyl (C=O) groups is 1. The van der Waals surface area contributed by atoms with Crippen molar-refractivity contribution in [3.8, 4) is 6.07 Å². The number of nitrogens with two attached hydrogens (primary N) is 1. The lowest BCUT2D eigenvalue weighted by Gasteiger charge is -2.10. The van der Waals surface area contributed by atoms with Gasteiger partial charge in [-0.2, -0.15) is 5.26 Å². The maximum absolute atomic E-state index is 11.9. The summed E-state index contributed by atoms with van der Waals surface area (Å²) < 4.78 is 0. The smallest absolute Gasteiger partial charge is 0.323 e. The highest BCUT2D eigenvalue weighted by Crippen LogP contribution is 2.19. The highest BCUT2D eigenvalue weighted by molar-refractivity contribution is 6.00. The molecule has 0 aliphatic rings. The summed E-state index contributed by atoms with van der Waals surface area (Å²) in [5.41, 5.74) is 8.54. The molecular formula is C15H14N4O. The van der Waals surface area contributed by atoms with Gasteiger partial charge in [0, 0.05) is 11.4 Å². The standard InChI is InChI=1S/C15H14N4O/c1-10-4-2-7-14(13(10)9-16)19-15(20)18-12-6-3-5-11(17)8-12/h2-8H,17H2,1H3,(H2,18,19,20). The number of nitrogen functional groups attached to an aromatic ring is 1. The molecule has 5 heteroatoms. The van der Waals surface area contributed by atoms with Gasteiger partial charge in [0.05, 0.1) is 11.3 Å². The monoisotopic (exact) mass is 266 g/mol. The molecule has 2 aromatic rings. The zero-order valence-corrected chi connectivity index (χ0v) is 11.0. The summed E-state index contributed by atoms with van der Waals surface area (Å²) in [6, 6.07) is 13.8. The Balaban J connectivity index is 2.13. The van der Waals surface area contributed by atoms with Crippen molar-refractivity contribution in [2.45, 2.75) is 6.92 Å². The van der Waals surface area contributed by atoms with Crippen LogP contribution in [0.25, 0.3) is 0 Å². The molecule has 20 heavy (non-hydrogen) atoms. The molecular weight excluding hydrogens is 252 g/mol.